The molecule has 0 atom stereocenters. The number of nitro groups is 1. The molecule has 1 N–H and O–H groups in total. The summed E-state index contributed by atoms with van der Waals surface area (Å²) < 4.78 is 33.0. The molecule has 0 aliphatic carbocycles. The van der Waals surface area contributed by atoms with Gasteiger partial charge in [0, 0.05) is 32.2 Å². The van der Waals surface area contributed by atoms with Gasteiger partial charge in [0.15, 0.2) is 0 Å². The summed E-state index contributed by atoms with van der Waals surface area (Å²) in [4.78, 5) is 12.3. The molecule has 0 aromatic heterocycles. The van der Waals surface area contributed by atoms with Crippen molar-refractivity contribution in [3.8, 4) is 0 Å². The summed E-state index contributed by atoms with van der Waals surface area (Å²) in [6.07, 6.45) is 0. The summed E-state index contributed by atoms with van der Waals surface area (Å²) >= 11 is 5.76. The molecule has 28 heavy (non-hydrogen) atoms. The maximum atomic E-state index is 12.6. The Morgan fingerprint density at radius 3 is 2.50 bits per heavy atom. The maximum absolute atomic E-state index is 12.6. The Kier molecular flexibility index (Phi) is 6.63. The number of nitrogens with one attached hydrogen (secondary N) is 1. The van der Waals surface area contributed by atoms with Crippen molar-refractivity contribution in [2.24, 2.45) is 0 Å². The van der Waals surface area contributed by atoms with Gasteiger partial charge in [-0.15, -0.1) is 0 Å². The third-order valence-electron chi connectivity index (χ3n) is 4.49. The van der Waals surface area contributed by atoms with E-state index in [1.165, 1.54) is 12.1 Å². The van der Waals surface area contributed by atoms with Crippen molar-refractivity contribution in [2.45, 2.75) is 18.0 Å². The van der Waals surface area contributed by atoms with Crippen LogP contribution in [0.5, 0.6) is 0 Å². The van der Waals surface area contributed by atoms with E-state index in [1.54, 1.807) is 0 Å². The smallest absolute Gasteiger partial charge is 0.289 e. The van der Waals surface area contributed by atoms with Crippen LogP contribution in [0.4, 0.5) is 5.69 Å². The Hall–Kier alpha value is -2.04. The van der Waals surface area contributed by atoms with Crippen molar-refractivity contribution < 1.29 is 18.1 Å². The van der Waals surface area contributed by atoms with Crippen molar-refractivity contribution in [3.63, 3.8) is 0 Å². The molecular weight excluding hydrogens is 406 g/mol. The van der Waals surface area contributed by atoms with Crippen LogP contribution in [0.15, 0.2) is 47.4 Å². The minimum absolute atomic E-state index is 0.0826. The van der Waals surface area contributed by atoms with Crippen LogP contribution in [-0.2, 0) is 27.8 Å². The Morgan fingerprint density at radius 2 is 1.82 bits per heavy atom. The second-order valence-corrected chi connectivity index (χ2v) is 8.53. The highest BCUT2D eigenvalue weighted by molar-refractivity contribution is 7.89. The van der Waals surface area contributed by atoms with Gasteiger partial charge in [-0.2, -0.15) is 0 Å². The molecule has 10 heteroatoms. The third-order valence-corrected chi connectivity index (χ3v) is 6.21. The zero-order valence-corrected chi connectivity index (χ0v) is 16.6. The number of morpholine rings is 1. The summed E-state index contributed by atoms with van der Waals surface area (Å²) in [5, 5.41) is 10.9. The summed E-state index contributed by atoms with van der Waals surface area (Å²) in [7, 11) is -3.93. The molecule has 150 valence electrons. The molecule has 0 bridgehead atoms. The molecule has 0 spiro atoms. The molecule has 1 heterocycles. The predicted octanol–water partition coefficient (Wildman–Crippen LogP) is 2.56. The minimum atomic E-state index is -3.93. The van der Waals surface area contributed by atoms with Gasteiger partial charge >= 0.3 is 0 Å². The fourth-order valence-electron chi connectivity index (χ4n) is 2.94. The average Bonchev–Trinajstić information content (AvgIpc) is 2.68. The van der Waals surface area contributed by atoms with Crippen molar-refractivity contribution in [3.05, 3.63) is 68.7 Å². The number of rotatable bonds is 7. The number of sulfonamides is 1. The fraction of sp³-hybridized carbons (Fsp3) is 0.333. The van der Waals surface area contributed by atoms with Gasteiger partial charge in [0.2, 0.25) is 10.0 Å². The molecule has 1 aliphatic rings. The van der Waals surface area contributed by atoms with Crippen molar-refractivity contribution in [1.82, 2.24) is 9.62 Å². The molecule has 0 saturated carbocycles. The van der Waals surface area contributed by atoms with Gasteiger partial charge in [-0.05, 0) is 23.3 Å². The molecule has 1 fully saturated rings. The van der Waals surface area contributed by atoms with Crippen molar-refractivity contribution in [1.29, 1.82) is 0 Å². The summed E-state index contributed by atoms with van der Waals surface area (Å²) in [6, 6.07) is 11.0. The summed E-state index contributed by atoms with van der Waals surface area (Å²) in [5.41, 5.74) is 1.42. The monoisotopic (exact) mass is 425 g/mol. The van der Waals surface area contributed by atoms with E-state index in [0.717, 1.165) is 30.3 Å². The molecule has 0 amide bonds. The Labute approximate surface area is 168 Å². The molecule has 2 aromatic carbocycles. The van der Waals surface area contributed by atoms with Gasteiger partial charge in [0.25, 0.3) is 5.69 Å². The largest absolute Gasteiger partial charge is 0.379 e. The van der Waals surface area contributed by atoms with E-state index in [4.69, 9.17) is 16.3 Å². The van der Waals surface area contributed by atoms with Gasteiger partial charge in [-0.3, -0.25) is 15.0 Å². The Bertz CT molecular complexity index is 961. The van der Waals surface area contributed by atoms with Crippen molar-refractivity contribution in [2.75, 3.05) is 26.3 Å². The predicted molar refractivity (Wildman–Crippen MR) is 105 cm³/mol. The standard InChI is InChI=1S/C18H20ClN3O5S/c19-17-6-5-16(11-18(17)22(23)24)28(25,26)20-12-14-3-1-2-4-15(14)13-21-7-9-27-10-8-21/h1-6,11,20H,7-10,12-13H2. The molecular formula is C18H20ClN3O5S. The number of nitro benzene ring substituents is 1. The Morgan fingerprint density at radius 1 is 1.14 bits per heavy atom. The van der Waals surface area contributed by atoms with Gasteiger partial charge in [0.1, 0.15) is 5.02 Å². The number of ether oxygens (including phenoxy) is 1. The first-order valence-corrected chi connectivity index (χ1v) is 10.5. The van der Waals surface area contributed by atoms with Crippen LogP contribution < -0.4 is 4.72 Å². The van der Waals surface area contributed by atoms with Gasteiger partial charge in [0.05, 0.1) is 23.0 Å². The van der Waals surface area contributed by atoms with Crippen LogP contribution in [0.1, 0.15) is 11.1 Å². The lowest BCUT2D eigenvalue weighted by atomic mass is 10.1. The van der Waals surface area contributed by atoms with Gasteiger partial charge in [-0.25, -0.2) is 13.1 Å². The normalized spacial score (nSPS) is 15.5. The molecule has 2 aromatic rings. The molecule has 1 aliphatic heterocycles. The average molecular weight is 426 g/mol. The van der Waals surface area contributed by atoms with Crippen LogP contribution in [0.2, 0.25) is 5.02 Å². The molecule has 0 radical (unpaired) electrons. The topological polar surface area (TPSA) is 102 Å². The Balaban J connectivity index is 1.74. The van der Waals surface area contributed by atoms with Crippen LogP contribution >= 0.6 is 11.6 Å². The molecule has 0 unspecified atom stereocenters. The molecule has 8 nitrogen and oxygen atoms in total. The van der Waals surface area contributed by atoms with Crippen LogP contribution in [0.25, 0.3) is 0 Å². The minimum Gasteiger partial charge on any atom is -0.379 e. The van der Waals surface area contributed by atoms with E-state index in [-0.39, 0.29) is 16.5 Å². The zero-order chi connectivity index (χ0) is 20.1. The van der Waals surface area contributed by atoms with E-state index in [0.29, 0.717) is 19.8 Å². The lowest BCUT2D eigenvalue weighted by Crippen LogP contribution is -2.36. The number of benzene rings is 2. The highest BCUT2D eigenvalue weighted by Gasteiger charge is 2.21. The number of nitrogens with zero attached hydrogens (tertiary/aromatic N) is 2. The first-order valence-electron chi connectivity index (χ1n) is 8.67. The summed E-state index contributed by atoms with van der Waals surface area (Å²) in [6.45, 7) is 3.81. The van der Waals surface area contributed by atoms with E-state index in [2.05, 4.69) is 9.62 Å². The first-order chi connectivity index (χ1) is 13.4. The fourth-order valence-corrected chi connectivity index (χ4v) is 4.15. The van der Waals surface area contributed by atoms with E-state index in [9.17, 15) is 18.5 Å². The third kappa shape index (κ3) is 5.06. The quantitative estimate of drug-likeness (QED) is 0.540. The SMILES string of the molecule is O=[N+]([O-])c1cc(S(=O)(=O)NCc2ccccc2CN2CCOCC2)ccc1Cl. The highest BCUT2D eigenvalue weighted by atomic mass is 35.5. The number of halogens is 1. The van der Waals surface area contributed by atoms with Gasteiger partial charge in [-0.1, -0.05) is 35.9 Å². The number of hydrogen-bond donors (Lipinski definition) is 1. The second kappa shape index (κ2) is 8.97. The van der Waals surface area contributed by atoms with Crippen LogP contribution in [0, 0.1) is 10.1 Å². The molecule has 1 saturated heterocycles. The van der Waals surface area contributed by atoms with Crippen LogP contribution in [-0.4, -0.2) is 44.5 Å². The first kappa shape index (κ1) is 20.7. The second-order valence-electron chi connectivity index (χ2n) is 6.35. The lowest BCUT2D eigenvalue weighted by molar-refractivity contribution is -0.384. The van der Waals surface area contributed by atoms with Gasteiger partial charge < -0.3 is 4.74 Å². The zero-order valence-electron chi connectivity index (χ0n) is 15.0. The van der Waals surface area contributed by atoms with E-state index < -0.39 is 20.6 Å². The van der Waals surface area contributed by atoms with Crippen LogP contribution in [0.3, 0.4) is 0 Å². The van der Waals surface area contributed by atoms with E-state index >= 15 is 0 Å². The lowest BCUT2D eigenvalue weighted by Gasteiger charge is -2.27. The number of hydrogen-bond acceptors (Lipinski definition) is 6. The maximum Gasteiger partial charge on any atom is 0.289 e. The summed E-state index contributed by atoms with van der Waals surface area (Å²) in [5.74, 6) is 0. The van der Waals surface area contributed by atoms with Crippen molar-refractivity contribution >= 4 is 27.3 Å². The molecule has 3 rings (SSSR count). The highest BCUT2D eigenvalue weighted by Crippen LogP contribution is 2.27. The van der Waals surface area contributed by atoms with E-state index in [1.807, 2.05) is 24.3 Å².